The van der Waals surface area contributed by atoms with E-state index in [1.165, 1.54) is 43.2 Å². The van der Waals surface area contributed by atoms with Crippen LogP contribution in [0.1, 0.15) is 43.2 Å². The highest BCUT2D eigenvalue weighted by Gasteiger charge is 2.32. The molecule has 3 heteroatoms. The number of urea groups is 1. The van der Waals surface area contributed by atoms with Gasteiger partial charge in [0, 0.05) is 18.8 Å². The van der Waals surface area contributed by atoms with Crippen LogP contribution < -0.4 is 5.32 Å². The minimum absolute atomic E-state index is 0.0766. The summed E-state index contributed by atoms with van der Waals surface area (Å²) in [5, 5.41) is 3.10. The van der Waals surface area contributed by atoms with Crippen LogP contribution in [0.3, 0.4) is 0 Å². The van der Waals surface area contributed by atoms with E-state index in [9.17, 15) is 4.79 Å². The Labute approximate surface area is 127 Å². The van der Waals surface area contributed by atoms with Gasteiger partial charge in [-0.05, 0) is 55.7 Å². The molecule has 1 aliphatic carbocycles. The van der Waals surface area contributed by atoms with Crippen molar-refractivity contribution in [3.8, 4) is 0 Å². The van der Waals surface area contributed by atoms with Crippen LogP contribution in [0.25, 0.3) is 0 Å². The summed E-state index contributed by atoms with van der Waals surface area (Å²) < 4.78 is 0. The van der Waals surface area contributed by atoms with Gasteiger partial charge in [-0.15, -0.1) is 0 Å². The van der Waals surface area contributed by atoms with Crippen molar-refractivity contribution in [2.45, 2.75) is 46.0 Å². The molecule has 3 rings (SSSR count). The van der Waals surface area contributed by atoms with Gasteiger partial charge in [-0.25, -0.2) is 4.79 Å². The van der Waals surface area contributed by atoms with Gasteiger partial charge in [0.05, 0.1) is 0 Å². The lowest BCUT2D eigenvalue weighted by Gasteiger charge is -2.41. The Morgan fingerprint density at radius 2 is 1.90 bits per heavy atom. The molecule has 0 aromatic heterocycles. The fourth-order valence-electron chi connectivity index (χ4n) is 3.87. The van der Waals surface area contributed by atoms with Crippen molar-refractivity contribution in [1.82, 2.24) is 4.90 Å². The molecule has 2 amide bonds. The smallest absolute Gasteiger partial charge is 0.321 e. The van der Waals surface area contributed by atoms with Crippen molar-refractivity contribution in [1.29, 1.82) is 0 Å². The first kappa shape index (κ1) is 14.4. The Balaban J connectivity index is 1.64. The van der Waals surface area contributed by atoms with Crippen LogP contribution in [0.5, 0.6) is 0 Å². The average Bonchev–Trinajstić information content (AvgIpc) is 2.51. The quantitative estimate of drug-likeness (QED) is 0.818. The van der Waals surface area contributed by atoms with E-state index >= 15 is 0 Å². The highest BCUT2D eigenvalue weighted by molar-refractivity contribution is 5.90. The number of aryl methyl sites for hydroxylation is 1. The number of anilines is 1. The lowest BCUT2D eigenvalue weighted by Crippen LogP contribution is -2.46. The molecule has 0 unspecified atom stereocenters. The zero-order chi connectivity index (χ0) is 14.8. The van der Waals surface area contributed by atoms with Crippen LogP contribution in [0.2, 0.25) is 0 Å². The molecule has 2 fully saturated rings. The minimum Gasteiger partial charge on any atom is -0.324 e. The predicted octanol–water partition coefficient (Wildman–Crippen LogP) is 4.35. The van der Waals surface area contributed by atoms with Gasteiger partial charge < -0.3 is 10.2 Å². The molecule has 1 heterocycles. The third-order valence-electron chi connectivity index (χ3n) is 5.42. The molecule has 3 nitrogen and oxygen atoms in total. The van der Waals surface area contributed by atoms with Crippen LogP contribution in [0, 0.1) is 25.7 Å². The van der Waals surface area contributed by atoms with Crippen molar-refractivity contribution < 1.29 is 4.79 Å². The van der Waals surface area contributed by atoms with E-state index in [1.54, 1.807) is 0 Å². The van der Waals surface area contributed by atoms with Gasteiger partial charge in [0.1, 0.15) is 0 Å². The second-order valence-corrected chi connectivity index (χ2v) is 6.72. The van der Waals surface area contributed by atoms with Crippen molar-refractivity contribution >= 4 is 11.7 Å². The zero-order valence-corrected chi connectivity index (χ0v) is 13.2. The Kier molecular flexibility index (Phi) is 4.18. The fraction of sp³-hybridized carbons (Fsp3) is 0.611. The maximum absolute atomic E-state index is 12.5. The number of rotatable bonds is 1. The first-order valence-corrected chi connectivity index (χ1v) is 8.27. The van der Waals surface area contributed by atoms with E-state index in [0.717, 1.165) is 30.6 Å². The molecular formula is C18H26N2O. The maximum Gasteiger partial charge on any atom is 0.321 e. The van der Waals surface area contributed by atoms with Crippen molar-refractivity contribution in [2.24, 2.45) is 11.8 Å². The highest BCUT2D eigenvalue weighted by Crippen LogP contribution is 2.36. The first-order chi connectivity index (χ1) is 10.1. The summed E-state index contributed by atoms with van der Waals surface area (Å²) in [6, 6.07) is 6.16. The maximum atomic E-state index is 12.5. The molecule has 1 aliphatic heterocycles. The number of carbonyl (C=O) groups excluding carboxylic acids is 1. The lowest BCUT2D eigenvalue weighted by atomic mass is 9.75. The van der Waals surface area contributed by atoms with Crippen molar-refractivity contribution in [3.63, 3.8) is 0 Å². The number of hydrogen-bond donors (Lipinski definition) is 1. The number of piperidine rings is 1. The summed E-state index contributed by atoms with van der Waals surface area (Å²) in [5.74, 6) is 1.60. The Bertz CT molecular complexity index is 526. The number of nitrogens with zero attached hydrogens (tertiary/aromatic N) is 1. The van der Waals surface area contributed by atoms with E-state index in [4.69, 9.17) is 0 Å². The second-order valence-electron chi connectivity index (χ2n) is 6.72. The normalized spacial score (nSPS) is 25.3. The second kappa shape index (κ2) is 6.08. The molecule has 2 atom stereocenters. The van der Waals surface area contributed by atoms with Gasteiger partial charge in [-0.3, -0.25) is 0 Å². The molecule has 0 spiro atoms. The van der Waals surface area contributed by atoms with Crippen LogP contribution in [0.4, 0.5) is 10.5 Å². The largest absolute Gasteiger partial charge is 0.324 e. The molecule has 1 saturated heterocycles. The molecule has 21 heavy (non-hydrogen) atoms. The summed E-state index contributed by atoms with van der Waals surface area (Å²) in [6.07, 6.45) is 6.59. The van der Waals surface area contributed by atoms with Gasteiger partial charge in [0.25, 0.3) is 0 Å². The molecule has 0 radical (unpaired) electrons. The predicted molar refractivity (Wildman–Crippen MR) is 86.6 cm³/mol. The van der Waals surface area contributed by atoms with E-state index in [2.05, 4.69) is 25.2 Å². The van der Waals surface area contributed by atoms with Crippen molar-refractivity contribution in [3.05, 3.63) is 29.3 Å². The number of nitrogens with one attached hydrogen (secondary N) is 1. The van der Waals surface area contributed by atoms with Crippen LogP contribution in [0.15, 0.2) is 18.2 Å². The Morgan fingerprint density at radius 3 is 2.71 bits per heavy atom. The van der Waals surface area contributed by atoms with Crippen molar-refractivity contribution in [2.75, 3.05) is 18.4 Å². The molecule has 1 aromatic rings. The molecular weight excluding hydrogens is 260 g/mol. The fourth-order valence-corrected chi connectivity index (χ4v) is 3.87. The van der Waals surface area contributed by atoms with Gasteiger partial charge >= 0.3 is 6.03 Å². The average molecular weight is 286 g/mol. The number of hydrogen-bond acceptors (Lipinski definition) is 1. The number of benzene rings is 1. The van der Waals surface area contributed by atoms with Crippen LogP contribution in [-0.2, 0) is 0 Å². The van der Waals surface area contributed by atoms with Gasteiger partial charge in [-0.2, -0.15) is 0 Å². The third kappa shape index (κ3) is 3.07. The number of fused-ring (bicyclic) bond motifs is 1. The number of carbonyl (C=O) groups is 1. The van der Waals surface area contributed by atoms with E-state index < -0.39 is 0 Å². The topological polar surface area (TPSA) is 32.3 Å². The molecule has 0 bridgehead atoms. The van der Waals surface area contributed by atoms with E-state index in [1.807, 2.05) is 17.0 Å². The Hall–Kier alpha value is -1.51. The molecule has 1 saturated carbocycles. The SMILES string of the molecule is Cc1cccc(NC(=O)N2CC[C@H]3CCCC[C@@H]3C2)c1C. The standard InChI is InChI=1S/C18H26N2O/c1-13-6-5-9-17(14(13)2)19-18(21)20-11-10-15-7-3-4-8-16(15)12-20/h5-6,9,15-16H,3-4,7-8,10-12H2,1-2H3,(H,19,21)/t15-,16-/m1/s1. The van der Waals surface area contributed by atoms with Gasteiger partial charge in [0.2, 0.25) is 0 Å². The van der Waals surface area contributed by atoms with Gasteiger partial charge in [-0.1, -0.05) is 31.4 Å². The summed E-state index contributed by atoms with van der Waals surface area (Å²) in [6.45, 7) is 6.01. The number of likely N-dealkylation sites (tertiary alicyclic amines) is 1. The first-order valence-electron chi connectivity index (χ1n) is 8.27. The molecule has 114 valence electrons. The van der Waals surface area contributed by atoms with E-state index in [-0.39, 0.29) is 6.03 Å². The summed E-state index contributed by atoms with van der Waals surface area (Å²) in [4.78, 5) is 14.5. The zero-order valence-electron chi connectivity index (χ0n) is 13.2. The monoisotopic (exact) mass is 286 g/mol. The molecule has 1 aromatic carbocycles. The van der Waals surface area contributed by atoms with Gasteiger partial charge in [0.15, 0.2) is 0 Å². The summed E-state index contributed by atoms with van der Waals surface area (Å²) >= 11 is 0. The number of amides is 2. The van der Waals surface area contributed by atoms with Crippen LogP contribution in [-0.4, -0.2) is 24.0 Å². The highest BCUT2D eigenvalue weighted by atomic mass is 16.2. The minimum atomic E-state index is 0.0766. The summed E-state index contributed by atoms with van der Waals surface area (Å²) in [5.41, 5.74) is 3.34. The Morgan fingerprint density at radius 1 is 1.14 bits per heavy atom. The molecule has 2 aliphatic rings. The molecule has 1 N–H and O–H groups in total. The third-order valence-corrected chi connectivity index (χ3v) is 5.42. The summed E-state index contributed by atoms with van der Waals surface area (Å²) in [7, 11) is 0. The van der Waals surface area contributed by atoms with E-state index in [0.29, 0.717) is 0 Å². The van der Waals surface area contributed by atoms with Crippen LogP contribution >= 0.6 is 0 Å². The lowest BCUT2D eigenvalue weighted by molar-refractivity contribution is 0.108.